The number of rotatable bonds is 7. The predicted molar refractivity (Wildman–Crippen MR) is 83.4 cm³/mol. The lowest BCUT2D eigenvalue weighted by atomic mass is 9.71. The van der Waals surface area contributed by atoms with Crippen molar-refractivity contribution in [2.24, 2.45) is 23.7 Å². The highest BCUT2D eigenvalue weighted by atomic mass is 16.5. The van der Waals surface area contributed by atoms with Crippen LogP contribution < -0.4 is 5.32 Å². The maximum Gasteiger partial charge on any atom is 0.0753 e. The van der Waals surface area contributed by atoms with Gasteiger partial charge in [0.1, 0.15) is 0 Å². The van der Waals surface area contributed by atoms with Gasteiger partial charge < -0.3 is 10.1 Å². The number of hydrogen-bond donors (Lipinski definition) is 1. The summed E-state index contributed by atoms with van der Waals surface area (Å²) in [6.45, 7) is 15.6. The smallest absolute Gasteiger partial charge is 0.0753 e. The molecule has 1 saturated carbocycles. The molecule has 19 heavy (non-hydrogen) atoms. The third kappa shape index (κ3) is 4.75. The second-order valence-electron chi connectivity index (χ2n) is 6.78. The molecule has 0 aliphatic heterocycles. The van der Waals surface area contributed by atoms with Crippen LogP contribution in [0.25, 0.3) is 0 Å². The molecule has 2 heteroatoms. The van der Waals surface area contributed by atoms with E-state index in [0.717, 1.165) is 30.9 Å². The highest BCUT2D eigenvalue weighted by molar-refractivity contribution is 4.89. The zero-order valence-electron chi connectivity index (χ0n) is 13.9. The fraction of sp³-hybridized carbons (Fsp3) is 1.00. The van der Waals surface area contributed by atoms with Crippen LogP contribution >= 0.6 is 0 Å². The Morgan fingerprint density at radius 1 is 1.11 bits per heavy atom. The fourth-order valence-electron chi connectivity index (χ4n) is 3.61. The minimum Gasteiger partial charge on any atom is -0.377 e. The molecule has 1 aliphatic carbocycles. The van der Waals surface area contributed by atoms with Gasteiger partial charge in [0.25, 0.3) is 0 Å². The van der Waals surface area contributed by atoms with Crippen molar-refractivity contribution in [1.29, 1.82) is 0 Å². The highest BCUT2D eigenvalue weighted by Crippen LogP contribution is 2.37. The van der Waals surface area contributed by atoms with Crippen molar-refractivity contribution in [3.63, 3.8) is 0 Å². The molecule has 0 heterocycles. The minimum absolute atomic E-state index is 0.357. The summed E-state index contributed by atoms with van der Waals surface area (Å²) in [5.74, 6) is 3.11. The van der Waals surface area contributed by atoms with Gasteiger partial charge in [-0.2, -0.15) is 0 Å². The Hall–Kier alpha value is -0.0800. The Labute approximate surface area is 120 Å². The first kappa shape index (κ1) is 17.0. The monoisotopic (exact) mass is 269 g/mol. The van der Waals surface area contributed by atoms with Gasteiger partial charge >= 0.3 is 0 Å². The molecule has 0 spiro atoms. The van der Waals surface area contributed by atoms with Crippen molar-refractivity contribution in [2.45, 2.75) is 73.0 Å². The molecule has 1 fully saturated rings. The van der Waals surface area contributed by atoms with E-state index >= 15 is 0 Å². The second kappa shape index (κ2) is 8.26. The van der Waals surface area contributed by atoms with Gasteiger partial charge in [-0.3, -0.25) is 0 Å². The molecule has 1 rings (SSSR count). The van der Waals surface area contributed by atoms with E-state index in [9.17, 15) is 0 Å². The number of hydrogen-bond acceptors (Lipinski definition) is 2. The van der Waals surface area contributed by atoms with Crippen LogP contribution in [-0.2, 0) is 4.74 Å². The summed E-state index contributed by atoms with van der Waals surface area (Å²) in [5.41, 5.74) is 0. The van der Waals surface area contributed by atoms with Crippen LogP contribution in [0, 0.1) is 23.7 Å². The molecule has 0 aromatic rings. The normalized spacial score (nSPS) is 31.4. The van der Waals surface area contributed by atoms with Crippen LogP contribution in [0.1, 0.15) is 60.8 Å². The molecule has 114 valence electrons. The first-order chi connectivity index (χ1) is 9.01. The van der Waals surface area contributed by atoms with Crippen molar-refractivity contribution in [3.8, 4) is 0 Å². The van der Waals surface area contributed by atoms with Crippen molar-refractivity contribution in [3.05, 3.63) is 0 Å². The van der Waals surface area contributed by atoms with Gasteiger partial charge in [0.2, 0.25) is 0 Å². The quantitative estimate of drug-likeness (QED) is 0.751. The summed E-state index contributed by atoms with van der Waals surface area (Å²) < 4.78 is 6.07. The standard InChI is InChI=1S/C17H35NO/c1-7-18-16(17(12(3)4)19-8-2)15-10-9-13(5)14(6)11-15/h12-18H,7-11H2,1-6H3. The van der Waals surface area contributed by atoms with Crippen LogP contribution in [0.3, 0.4) is 0 Å². The predicted octanol–water partition coefficient (Wildman–Crippen LogP) is 4.10. The van der Waals surface area contributed by atoms with Crippen molar-refractivity contribution < 1.29 is 4.74 Å². The lowest BCUT2D eigenvalue weighted by molar-refractivity contribution is -0.0219. The van der Waals surface area contributed by atoms with Gasteiger partial charge in [-0.15, -0.1) is 0 Å². The summed E-state index contributed by atoms with van der Waals surface area (Å²) >= 11 is 0. The Morgan fingerprint density at radius 3 is 2.26 bits per heavy atom. The molecule has 0 aromatic heterocycles. The number of ether oxygens (including phenoxy) is 1. The maximum absolute atomic E-state index is 6.07. The van der Waals surface area contributed by atoms with Gasteiger partial charge in [0, 0.05) is 12.6 Å². The third-order valence-corrected chi connectivity index (χ3v) is 4.96. The molecule has 0 saturated heterocycles. The van der Waals surface area contributed by atoms with Gasteiger partial charge in [-0.1, -0.05) is 41.0 Å². The molecule has 0 amide bonds. The third-order valence-electron chi connectivity index (χ3n) is 4.96. The summed E-state index contributed by atoms with van der Waals surface area (Å²) in [7, 11) is 0. The first-order valence-electron chi connectivity index (χ1n) is 8.36. The van der Waals surface area contributed by atoms with Crippen molar-refractivity contribution in [1.82, 2.24) is 5.32 Å². The highest BCUT2D eigenvalue weighted by Gasteiger charge is 2.35. The number of nitrogens with one attached hydrogen (secondary N) is 1. The summed E-state index contributed by atoms with van der Waals surface area (Å²) in [6, 6.07) is 0.528. The Balaban J connectivity index is 2.74. The van der Waals surface area contributed by atoms with Gasteiger partial charge in [0.15, 0.2) is 0 Å². The van der Waals surface area contributed by atoms with E-state index in [-0.39, 0.29) is 0 Å². The minimum atomic E-state index is 0.357. The Morgan fingerprint density at radius 2 is 1.79 bits per heavy atom. The van der Waals surface area contributed by atoms with E-state index in [1.807, 2.05) is 0 Å². The van der Waals surface area contributed by atoms with E-state index in [1.54, 1.807) is 0 Å². The SMILES string of the molecule is CCNC(C1CCC(C)C(C)C1)C(OCC)C(C)C. The summed E-state index contributed by atoms with van der Waals surface area (Å²) in [6.07, 6.45) is 4.45. The molecule has 2 nitrogen and oxygen atoms in total. The molecule has 5 atom stereocenters. The Bertz CT molecular complexity index is 241. The lowest BCUT2D eigenvalue weighted by Crippen LogP contribution is -2.50. The molecule has 1 N–H and O–H groups in total. The van der Waals surface area contributed by atoms with Crippen molar-refractivity contribution >= 4 is 0 Å². The molecular formula is C17H35NO. The Kier molecular flexibility index (Phi) is 7.38. The lowest BCUT2D eigenvalue weighted by Gasteiger charge is -2.41. The van der Waals surface area contributed by atoms with Gasteiger partial charge in [-0.25, -0.2) is 0 Å². The molecular weight excluding hydrogens is 234 g/mol. The molecule has 0 bridgehead atoms. The van der Waals surface area contributed by atoms with Gasteiger partial charge in [-0.05, 0) is 50.0 Å². The molecule has 1 aliphatic rings. The van der Waals surface area contributed by atoms with E-state index < -0.39 is 0 Å². The zero-order chi connectivity index (χ0) is 14.4. The largest absolute Gasteiger partial charge is 0.377 e. The van der Waals surface area contributed by atoms with Crippen LogP contribution in [0.2, 0.25) is 0 Å². The summed E-state index contributed by atoms with van der Waals surface area (Å²) in [4.78, 5) is 0. The average molecular weight is 269 g/mol. The number of likely N-dealkylation sites (N-methyl/N-ethyl adjacent to an activating group) is 1. The molecule has 5 unspecified atom stereocenters. The molecule has 0 aromatic carbocycles. The van der Waals surface area contributed by atoms with E-state index in [0.29, 0.717) is 18.1 Å². The fourth-order valence-corrected chi connectivity index (χ4v) is 3.61. The zero-order valence-corrected chi connectivity index (χ0v) is 13.9. The van der Waals surface area contributed by atoms with E-state index in [2.05, 4.69) is 46.9 Å². The van der Waals surface area contributed by atoms with E-state index in [1.165, 1.54) is 19.3 Å². The van der Waals surface area contributed by atoms with Crippen LogP contribution in [0.4, 0.5) is 0 Å². The second-order valence-corrected chi connectivity index (χ2v) is 6.78. The van der Waals surface area contributed by atoms with Gasteiger partial charge in [0.05, 0.1) is 6.10 Å². The van der Waals surface area contributed by atoms with Crippen LogP contribution in [0.15, 0.2) is 0 Å². The molecule has 0 radical (unpaired) electrons. The maximum atomic E-state index is 6.07. The van der Waals surface area contributed by atoms with Crippen LogP contribution in [0.5, 0.6) is 0 Å². The summed E-state index contributed by atoms with van der Waals surface area (Å²) in [5, 5.41) is 3.73. The topological polar surface area (TPSA) is 21.3 Å². The first-order valence-corrected chi connectivity index (χ1v) is 8.36. The van der Waals surface area contributed by atoms with Crippen molar-refractivity contribution in [2.75, 3.05) is 13.2 Å². The van der Waals surface area contributed by atoms with Crippen LogP contribution in [-0.4, -0.2) is 25.3 Å². The van der Waals surface area contributed by atoms with E-state index in [4.69, 9.17) is 4.74 Å². The average Bonchev–Trinajstić information content (AvgIpc) is 2.37.